The quantitative estimate of drug-likeness (QED) is 0.805. The predicted octanol–water partition coefficient (Wildman–Crippen LogP) is 1.81. The third kappa shape index (κ3) is 4.36. The van der Waals surface area contributed by atoms with Crippen LogP contribution in [-0.4, -0.2) is 44.1 Å². The average molecular weight is 369 g/mol. The molecule has 7 heteroatoms. The molecule has 7 nitrogen and oxygen atoms in total. The van der Waals surface area contributed by atoms with Gasteiger partial charge in [-0.15, -0.1) is 0 Å². The largest absolute Gasteiger partial charge is 0.497 e. The van der Waals surface area contributed by atoms with Gasteiger partial charge < -0.3 is 19.7 Å². The summed E-state index contributed by atoms with van der Waals surface area (Å²) in [5.74, 6) is 0.621. The van der Waals surface area contributed by atoms with E-state index in [1.807, 2.05) is 12.1 Å². The average Bonchev–Trinajstić information content (AvgIpc) is 3.09. The molecule has 1 aromatic heterocycles. The van der Waals surface area contributed by atoms with Crippen molar-refractivity contribution in [3.05, 3.63) is 48.3 Å². The molecule has 2 amide bonds. The fourth-order valence-electron chi connectivity index (χ4n) is 3.15. The summed E-state index contributed by atoms with van der Waals surface area (Å²) in [6, 6.07) is 9.11. The second-order valence-electron chi connectivity index (χ2n) is 6.34. The zero-order chi connectivity index (χ0) is 19.2. The SMILES string of the molecule is COc1ccc(N2C[C@@H](C(=O)NCCc3ccncc3)CC2=O)c(OC)c1. The summed E-state index contributed by atoms with van der Waals surface area (Å²) in [5.41, 5.74) is 1.76. The van der Waals surface area contributed by atoms with Gasteiger partial charge in [0.05, 0.1) is 25.8 Å². The molecule has 1 fully saturated rings. The number of nitrogens with zero attached hydrogens (tertiary/aromatic N) is 2. The van der Waals surface area contributed by atoms with Crippen LogP contribution in [0.4, 0.5) is 5.69 Å². The molecule has 0 spiro atoms. The van der Waals surface area contributed by atoms with Gasteiger partial charge in [-0.3, -0.25) is 14.6 Å². The Bertz CT molecular complexity index is 810. The maximum atomic E-state index is 12.5. The maximum Gasteiger partial charge on any atom is 0.227 e. The van der Waals surface area contributed by atoms with Crippen LogP contribution in [0.3, 0.4) is 0 Å². The molecule has 1 N–H and O–H groups in total. The third-order valence-corrected chi connectivity index (χ3v) is 4.64. The minimum Gasteiger partial charge on any atom is -0.497 e. The number of carbonyl (C=O) groups excluding carboxylic acids is 2. The van der Waals surface area contributed by atoms with Crippen molar-refractivity contribution in [3.63, 3.8) is 0 Å². The van der Waals surface area contributed by atoms with E-state index in [2.05, 4.69) is 10.3 Å². The van der Waals surface area contributed by atoms with E-state index in [4.69, 9.17) is 9.47 Å². The van der Waals surface area contributed by atoms with Gasteiger partial charge >= 0.3 is 0 Å². The van der Waals surface area contributed by atoms with Crippen molar-refractivity contribution < 1.29 is 19.1 Å². The number of amides is 2. The van der Waals surface area contributed by atoms with Gasteiger partial charge in [0.2, 0.25) is 11.8 Å². The van der Waals surface area contributed by atoms with E-state index in [-0.39, 0.29) is 24.2 Å². The molecule has 142 valence electrons. The number of aromatic nitrogens is 1. The number of hydrogen-bond donors (Lipinski definition) is 1. The lowest BCUT2D eigenvalue weighted by Gasteiger charge is -2.20. The van der Waals surface area contributed by atoms with Crippen molar-refractivity contribution in [2.75, 3.05) is 32.2 Å². The molecule has 1 aliphatic heterocycles. The Morgan fingerprint density at radius 3 is 2.70 bits per heavy atom. The van der Waals surface area contributed by atoms with Gasteiger partial charge in [-0.05, 0) is 36.2 Å². The molecule has 1 saturated heterocycles. The summed E-state index contributed by atoms with van der Waals surface area (Å²) in [6.07, 6.45) is 4.38. The van der Waals surface area contributed by atoms with Crippen molar-refractivity contribution >= 4 is 17.5 Å². The number of methoxy groups -OCH3 is 2. The fourth-order valence-corrected chi connectivity index (χ4v) is 3.15. The van der Waals surface area contributed by atoms with Crippen molar-refractivity contribution in [1.82, 2.24) is 10.3 Å². The normalized spacial score (nSPS) is 16.3. The minimum atomic E-state index is -0.373. The van der Waals surface area contributed by atoms with Gasteiger partial charge in [-0.25, -0.2) is 0 Å². The number of pyridine rings is 1. The molecule has 0 aliphatic carbocycles. The van der Waals surface area contributed by atoms with E-state index >= 15 is 0 Å². The highest BCUT2D eigenvalue weighted by Gasteiger charge is 2.36. The van der Waals surface area contributed by atoms with Crippen molar-refractivity contribution in [2.45, 2.75) is 12.8 Å². The van der Waals surface area contributed by atoms with Crippen LogP contribution in [0.1, 0.15) is 12.0 Å². The van der Waals surface area contributed by atoms with Crippen LogP contribution in [0.5, 0.6) is 11.5 Å². The number of ether oxygens (including phenoxy) is 2. The molecule has 0 unspecified atom stereocenters. The number of hydrogen-bond acceptors (Lipinski definition) is 5. The zero-order valence-corrected chi connectivity index (χ0v) is 15.5. The van der Waals surface area contributed by atoms with E-state index in [0.717, 1.165) is 12.0 Å². The first-order valence-electron chi connectivity index (χ1n) is 8.81. The topological polar surface area (TPSA) is 80.8 Å². The van der Waals surface area contributed by atoms with Crippen molar-refractivity contribution in [3.8, 4) is 11.5 Å². The number of anilines is 1. The van der Waals surface area contributed by atoms with E-state index in [1.165, 1.54) is 0 Å². The van der Waals surface area contributed by atoms with E-state index in [9.17, 15) is 9.59 Å². The molecular formula is C20H23N3O4. The first-order chi connectivity index (χ1) is 13.1. The second-order valence-corrected chi connectivity index (χ2v) is 6.34. The van der Waals surface area contributed by atoms with Crippen LogP contribution >= 0.6 is 0 Å². The maximum absolute atomic E-state index is 12.5. The van der Waals surface area contributed by atoms with E-state index in [0.29, 0.717) is 30.3 Å². The molecule has 0 bridgehead atoms. The molecule has 2 heterocycles. The molecule has 1 aromatic carbocycles. The summed E-state index contributed by atoms with van der Waals surface area (Å²) < 4.78 is 10.6. The van der Waals surface area contributed by atoms with Crippen molar-refractivity contribution in [2.24, 2.45) is 5.92 Å². The molecule has 1 atom stereocenters. The second kappa shape index (κ2) is 8.53. The Labute approximate surface area is 158 Å². The summed E-state index contributed by atoms with van der Waals surface area (Å²) in [7, 11) is 3.11. The lowest BCUT2D eigenvalue weighted by molar-refractivity contribution is -0.126. The summed E-state index contributed by atoms with van der Waals surface area (Å²) in [5, 5.41) is 2.92. The first-order valence-corrected chi connectivity index (χ1v) is 8.81. The lowest BCUT2D eigenvalue weighted by Crippen LogP contribution is -2.34. The molecule has 1 aliphatic rings. The van der Waals surface area contributed by atoms with Gasteiger partial charge in [0.1, 0.15) is 11.5 Å². The highest BCUT2D eigenvalue weighted by atomic mass is 16.5. The molecule has 27 heavy (non-hydrogen) atoms. The Hall–Kier alpha value is -3.09. The lowest BCUT2D eigenvalue weighted by atomic mass is 10.1. The molecule has 3 rings (SSSR count). The number of rotatable bonds is 7. The monoisotopic (exact) mass is 369 g/mol. The highest BCUT2D eigenvalue weighted by Crippen LogP contribution is 2.35. The van der Waals surface area contributed by atoms with Gasteiger partial charge in [-0.2, -0.15) is 0 Å². The highest BCUT2D eigenvalue weighted by molar-refractivity contribution is 6.01. The Kier molecular flexibility index (Phi) is 5.90. The standard InChI is InChI=1S/C20H23N3O4/c1-26-16-3-4-17(18(12-16)27-2)23-13-15(11-19(23)24)20(25)22-10-7-14-5-8-21-9-6-14/h3-6,8-9,12,15H,7,10-11,13H2,1-2H3,(H,22,25)/t15-/m0/s1. The molecule has 0 radical (unpaired) electrons. The summed E-state index contributed by atoms with van der Waals surface area (Å²) in [4.78, 5) is 30.5. The van der Waals surface area contributed by atoms with Gasteiger partial charge in [0.25, 0.3) is 0 Å². The molecule has 2 aromatic rings. The Balaban J connectivity index is 1.60. The predicted molar refractivity (Wildman–Crippen MR) is 101 cm³/mol. The minimum absolute atomic E-state index is 0.0900. The summed E-state index contributed by atoms with van der Waals surface area (Å²) >= 11 is 0. The van der Waals surface area contributed by atoms with Gasteiger partial charge in [0, 0.05) is 38.0 Å². The van der Waals surface area contributed by atoms with Crippen LogP contribution in [0.2, 0.25) is 0 Å². The van der Waals surface area contributed by atoms with Gasteiger partial charge in [0.15, 0.2) is 0 Å². The van der Waals surface area contributed by atoms with Crippen LogP contribution < -0.4 is 19.7 Å². The van der Waals surface area contributed by atoms with E-state index < -0.39 is 0 Å². The Morgan fingerprint density at radius 2 is 2.00 bits per heavy atom. The Morgan fingerprint density at radius 1 is 1.22 bits per heavy atom. The number of benzene rings is 1. The first kappa shape index (κ1) is 18.7. The number of carbonyl (C=O) groups is 2. The van der Waals surface area contributed by atoms with E-state index in [1.54, 1.807) is 49.7 Å². The fraction of sp³-hybridized carbons (Fsp3) is 0.350. The van der Waals surface area contributed by atoms with Crippen LogP contribution in [-0.2, 0) is 16.0 Å². The van der Waals surface area contributed by atoms with Gasteiger partial charge in [-0.1, -0.05) is 0 Å². The zero-order valence-electron chi connectivity index (χ0n) is 15.5. The number of nitrogens with one attached hydrogen (secondary N) is 1. The molecular weight excluding hydrogens is 346 g/mol. The summed E-state index contributed by atoms with van der Waals surface area (Å²) in [6.45, 7) is 0.863. The van der Waals surface area contributed by atoms with Crippen LogP contribution in [0.15, 0.2) is 42.7 Å². The van der Waals surface area contributed by atoms with Crippen LogP contribution in [0.25, 0.3) is 0 Å². The van der Waals surface area contributed by atoms with Crippen molar-refractivity contribution in [1.29, 1.82) is 0 Å². The van der Waals surface area contributed by atoms with Crippen LogP contribution in [0, 0.1) is 5.92 Å². The third-order valence-electron chi connectivity index (χ3n) is 4.64. The smallest absolute Gasteiger partial charge is 0.227 e. The molecule has 0 saturated carbocycles.